The van der Waals surface area contributed by atoms with Gasteiger partial charge in [0.05, 0.1) is 24.9 Å². The van der Waals surface area contributed by atoms with Crippen molar-refractivity contribution in [1.82, 2.24) is 5.32 Å². The van der Waals surface area contributed by atoms with Gasteiger partial charge in [0.25, 0.3) is 0 Å². The molecule has 4 saturated carbocycles. The molecule has 7 nitrogen and oxygen atoms in total. The second-order valence-corrected chi connectivity index (χ2v) is 14.2. The zero-order chi connectivity index (χ0) is 26.1. The molecule has 5 fully saturated rings. The molecule has 0 bridgehead atoms. The Balaban J connectivity index is 1.33. The molecule has 5 rings (SSSR count). The highest BCUT2D eigenvalue weighted by atomic mass is 16.7. The Morgan fingerprint density at radius 2 is 1.72 bits per heavy atom. The van der Waals surface area contributed by atoms with Crippen molar-refractivity contribution >= 4 is 6.09 Å². The molecule has 1 saturated heterocycles. The molecule has 5 aliphatic rings. The normalized spacial score (nSPS) is 49.3. The Morgan fingerprint density at radius 1 is 1.03 bits per heavy atom. The Morgan fingerprint density at radius 3 is 2.39 bits per heavy atom. The van der Waals surface area contributed by atoms with Crippen molar-refractivity contribution in [2.45, 2.75) is 110 Å². The molecule has 0 radical (unpaired) electrons. The van der Waals surface area contributed by atoms with Gasteiger partial charge in [0, 0.05) is 36.6 Å². The first kappa shape index (κ1) is 26.7. The topological polar surface area (TPSA) is 97.3 Å². The maximum absolute atomic E-state index is 12.0. The first-order valence-electron chi connectivity index (χ1n) is 14.4. The van der Waals surface area contributed by atoms with Crippen molar-refractivity contribution in [3.63, 3.8) is 0 Å². The van der Waals surface area contributed by atoms with Crippen molar-refractivity contribution in [3.8, 4) is 0 Å². The first-order chi connectivity index (χ1) is 16.8. The van der Waals surface area contributed by atoms with Crippen LogP contribution in [0.5, 0.6) is 0 Å². The number of nitrogens with one attached hydrogen (secondary N) is 1. The summed E-state index contributed by atoms with van der Waals surface area (Å²) >= 11 is 0. The van der Waals surface area contributed by atoms with Crippen LogP contribution in [-0.2, 0) is 14.2 Å². The smallest absolute Gasteiger partial charge is 0.407 e. The number of carbonyl (C=O) groups is 1. The highest BCUT2D eigenvalue weighted by Crippen LogP contribution is 2.69. The quantitative estimate of drug-likeness (QED) is 0.521. The second-order valence-electron chi connectivity index (χ2n) is 14.2. The summed E-state index contributed by atoms with van der Waals surface area (Å²) < 4.78 is 18.0. The van der Waals surface area contributed by atoms with E-state index in [9.17, 15) is 15.0 Å². The van der Waals surface area contributed by atoms with Crippen LogP contribution in [0.1, 0.15) is 86.0 Å². The average Bonchev–Trinajstić information content (AvgIpc) is 3.17. The molecular weight excluding hydrogens is 458 g/mol. The van der Waals surface area contributed by atoms with Crippen LogP contribution >= 0.6 is 0 Å². The standard InChI is InChI=1S/C29H49NO6/c1-17(24-34-15-26(2,3)16-35-24)20-7-8-21-19-9-12-29(33)14-18(36-25(32)30-6)13-23(31)28(29,5)22(19)10-11-27(20,21)4/h17-24,31,33H,7-16H2,1-6H3,(H,30,32)/t17?,18?,19-,20+,21-,22-,23?,27+,28-,29?/m0/s1. The highest BCUT2D eigenvalue weighted by Gasteiger charge is 2.68. The van der Waals surface area contributed by atoms with E-state index in [0.717, 1.165) is 32.5 Å². The van der Waals surface area contributed by atoms with Gasteiger partial charge in [-0.05, 0) is 67.6 Å². The highest BCUT2D eigenvalue weighted by molar-refractivity contribution is 5.66. The zero-order valence-corrected chi connectivity index (χ0v) is 23.2. The third kappa shape index (κ3) is 4.02. The molecule has 0 spiro atoms. The third-order valence-electron chi connectivity index (χ3n) is 11.7. The Bertz CT molecular complexity index is 840. The maximum Gasteiger partial charge on any atom is 0.407 e. The van der Waals surface area contributed by atoms with Gasteiger partial charge >= 0.3 is 6.09 Å². The lowest BCUT2D eigenvalue weighted by molar-refractivity contribution is -0.265. The van der Waals surface area contributed by atoms with Crippen molar-refractivity contribution in [1.29, 1.82) is 0 Å². The predicted octanol–water partition coefficient (Wildman–Crippen LogP) is 4.49. The monoisotopic (exact) mass is 507 g/mol. The van der Waals surface area contributed by atoms with E-state index >= 15 is 0 Å². The summed E-state index contributed by atoms with van der Waals surface area (Å²) in [5.74, 6) is 2.29. The van der Waals surface area contributed by atoms with Crippen LogP contribution in [0, 0.1) is 45.8 Å². The molecule has 10 atom stereocenters. The van der Waals surface area contributed by atoms with Crippen molar-refractivity contribution < 1.29 is 29.2 Å². The predicted molar refractivity (Wildman–Crippen MR) is 136 cm³/mol. The third-order valence-corrected chi connectivity index (χ3v) is 11.7. The lowest BCUT2D eigenvalue weighted by atomic mass is 9.42. The molecule has 7 heteroatoms. The molecule has 1 heterocycles. The summed E-state index contributed by atoms with van der Waals surface area (Å²) in [6, 6.07) is 0. The fourth-order valence-electron chi connectivity index (χ4n) is 9.69. The molecular formula is C29H49NO6. The number of alkyl carbamates (subject to hydrolysis) is 1. The fraction of sp³-hybridized carbons (Fsp3) is 0.966. The van der Waals surface area contributed by atoms with Gasteiger partial charge in [-0.2, -0.15) is 0 Å². The summed E-state index contributed by atoms with van der Waals surface area (Å²) in [5.41, 5.74) is -1.28. The number of hydrogen-bond donors (Lipinski definition) is 3. The van der Waals surface area contributed by atoms with Crippen LogP contribution in [0.25, 0.3) is 0 Å². The van der Waals surface area contributed by atoms with E-state index in [1.165, 1.54) is 19.9 Å². The average molecular weight is 508 g/mol. The minimum Gasteiger partial charge on any atom is -0.446 e. The van der Waals surface area contributed by atoms with Crippen LogP contribution in [0.2, 0.25) is 0 Å². The van der Waals surface area contributed by atoms with E-state index in [1.54, 1.807) is 0 Å². The summed E-state index contributed by atoms with van der Waals surface area (Å²) in [6.45, 7) is 12.8. The number of hydrogen-bond acceptors (Lipinski definition) is 6. The molecule has 3 N–H and O–H groups in total. The number of rotatable bonds is 3. The van der Waals surface area contributed by atoms with E-state index in [2.05, 4.69) is 39.9 Å². The number of amides is 1. The van der Waals surface area contributed by atoms with Gasteiger partial charge in [-0.25, -0.2) is 4.79 Å². The summed E-state index contributed by atoms with van der Waals surface area (Å²) in [7, 11) is 1.54. The number of ether oxygens (including phenoxy) is 3. The maximum atomic E-state index is 12.0. The minimum atomic E-state index is -1.01. The largest absolute Gasteiger partial charge is 0.446 e. The zero-order valence-electron chi connectivity index (χ0n) is 23.2. The van der Waals surface area contributed by atoms with Crippen LogP contribution in [0.15, 0.2) is 0 Å². The number of aliphatic hydroxyl groups is 2. The lowest BCUT2D eigenvalue weighted by Gasteiger charge is -2.65. The van der Waals surface area contributed by atoms with Gasteiger partial charge in [-0.15, -0.1) is 0 Å². The molecule has 36 heavy (non-hydrogen) atoms. The van der Waals surface area contributed by atoms with Gasteiger partial charge in [-0.3, -0.25) is 0 Å². The van der Waals surface area contributed by atoms with Gasteiger partial charge in [0.1, 0.15) is 6.10 Å². The minimum absolute atomic E-state index is 0.0793. The number of fused-ring (bicyclic) bond motifs is 5. The van der Waals surface area contributed by atoms with E-state index in [-0.39, 0.29) is 23.0 Å². The lowest BCUT2D eigenvalue weighted by Crippen LogP contribution is -2.68. The van der Waals surface area contributed by atoms with Gasteiger partial charge in [0.15, 0.2) is 6.29 Å². The summed E-state index contributed by atoms with van der Waals surface area (Å²) in [4.78, 5) is 11.8. The molecule has 206 valence electrons. The summed E-state index contributed by atoms with van der Waals surface area (Å²) in [5, 5.41) is 25.9. The van der Waals surface area contributed by atoms with Crippen molar-refractivity contribution in [2.75, 3.05) is 20.3 Å². The molecule has 1 amide bonds. The van der Waals surface area contributed by atoms with Crippen LogP contribution in [-0.4, -0.2) is 60.7 Å². The molecule has 0 aromatic carbocycles. The second kappa shape index (κ2) is 9.10. The molecule has 4 aliphatic carbocycles. The van der Waals surface area contributed by atoms with E-state index in [1.807, 2.05) is 0 Å². The van der Waals surface area contributed by atoms with Crippen LogP contribution in [0.4, 0.5) is 4.79 Å². The van der Waals surface area contributed by atoms with E-state index in [4.69, 9.17) is 14.2 Å². The Hall–Kier alpha value is -0.890. The molecule has 4 unspecified atom stereocenters. The van der Waals surface area contributed by atoms with Gasteiger partial charge < -0.3 is 29.7 Å². The first-order valence-corrected chi connectivity index (χ1v) is 14.4. The molecule has 1 aliphatic heterocycles. The van der Waals surface area contributed by atoms with Crippen LogP contribution in [0.3, 0.4) is 0 Å². The van der Waals surface area contributed by atoms with Gasteiger partial charge in [0.2, 0.25) is 0 Å². The molecule has 0 aromatic heterocycles. The van der Waals surface area contributed by atoms with E-state index in [0.29, 0.717) is 42.9 Å². The van der Waals surface area contributed by atoms with Crippen molar-refractivity contribution in [3.05, 3.63) is 0 Å². The summed E-state index contributed by atoms with van der Waals surface area (Å²) in [6.07, 6.45) is 5.21. The van der Waals surface area contributed by atoms with Crippen LogP contribution < -0.4 is 5.32 Å². The Labute approximate surface area is 217 Å². The SMILES string of the molecule is CNC(=O)OC1CC(O)[C@]2(C)[C@H]3CC[C@]4(C)[C@@H](C(C)C5OCC(C)(C)CO5)CC[C@H]4[C@@H]3CCC2(O)C1. The Kier molecular flexibility index (Phi) is 6.75. The number of aliphatic hydroxyl groups excluding tert-OH is 1. The molecule has 0 aromatic rings. The van der Waals surface area contributed by atoms with Gasteiger partial charge in [-0.1, -0.05) is 34.6 Å². The van der Waals surface area contributed by atoms with E-state index < -0.39 is 29.3 Å². The number of carbonyl (C=O) groups excluding carboxylic acids is 1. The van der Waals surface area contributed by atoms with Crippen molar-refractivity contribution in [2.24, 2.45) is 45.8 Å². The fourth-order valence-corrected chi connectivity index (χ4v) is 9.69.